The summed E-state index contributed by atoms with van der Waals surface area (Å²) in [5, 5.41) is 3.41. The molecule has 1 unspecified atom stereocenters. The lowest BCUT2D eigenvalue weighted by Gasteiger charge is -2.31. The summed E-state index contributed by atoms with van der Waals surface area (Å²) in [7, 11) is 0. The molecule has 3 aromatic carbocycles. The predicted molar refractivity (Wildman–Crippen MR) is 133 cm³/mol. The molecule has 3 N–H and O–H groups in total. The fraction of sp³-hybridized carbons (Fsp3) is 0.286. The normalized spacial score (nSPS) is 12.3. The van der Waals surface area contributed by atoms with E-state index in [0.717, 1.165) is 12.1 Å². The number of anilines is 1. The van der Waals surface area contributed by atoms with Gasteiger partial charge in [-0.15, -0.1) is 0 Å². The number of benzene rings is 3. The van der Waals surface area contributed by atoms with Gasteiger partial charge in [-0.2, -0.15) is 0 Å². The first-order valence-electron chi connectivity index (χ1n) is 10.8. The van der Waals surface area contributed by atoms with Gasteiger partial charge in [0.25, 0.3) is 0 Å². The molecule has 0 saturated carbocycles. The Kier molecular flexibility index (Phi) is 8.73. The molecule has 0 bridgehead atoms. The molecule has 0 heterocycles. The monoisotopic (exact) mass is 400 g/mol. The summed E-state index contributed by atoms with van der Waals surface area (Å²) in [5.41, 5.74) is 12.6. The van der Waals surface area contributed by atoms with Crippen molar-refractivity contribution in [3.63, 3.8) is 0 Å². The lowest BCUT2D eigenvalue weighted by Crippen LogP contribution is -2.39. The first kappa shape index (κ1) is 23.3. The highest BCUT2D eigenvalue weighted by atomic mass is 15.0. The Balaban J connectivity index is 0.000000214. The smallest absolute Gasteiger partial charge is 0.0731 e. The van der Waals surface area contributed by atoms with Crippen LogP contribution in [0.5, 0.6) is 0 Å². The molecule has 0 aliphatic heterocycles. The van der Waals surface area contributed by atoms with Crippen LogP contribution in [0, 0.1) is 6.92 Å². The van der Waals surface area contributed by atoms with E-state index in [-0.39, 0.29) is 5.54 Å². The summed E-state index contributed by atoms with van der Waals surface area (Å²) in [6.07, 6.45) is 3.30. The number of hydrogen-bond donors (Lipinski definition) is 2. The van der Waals surface area contributed by atoms with Crippen LogP contribution in [0.25, 0.3) is 11.1 Å². The zero-order valence-electron chi connectivity index (χ0n) is 18.9. The highest BCUT2D eigenvalue weighted by Crippen LogP contribution is 2.22. The Morgan fingerprint density at radius 1 is 0.867 bits per heavy atom. The van der Waals surface area contributed by atoms with E-state index in [0.29, 0.717) is 5.70 Å². The van der Waals surface area contributed by atoms with Gasteiger partial charge in [0.15, 0.2) is 0 Å². The molecule has 30 heavy (non-hydrogen) atoms. The Morgan fingerprint density at radius 2 is 1.43 bits per heavy atom. The second kappa shape index (κ2) is 11.3. The van der Waals surface area contributed by atoms with Gasteiger partial charge in [-0.1, -0.05) is 99.1 Å². The SMILES string of the molecule is C=C(N)C(C)(CC)Nc1ccc(C)cc1.CCCc1ccc(-c2ccccc2)cc1. The average Bonchev–Trinajstić information content (AvgIpc) is 2.77. The molecule has 158 valence electrons. The summed E-state index contributed by atoms with van der Waals surface area (Å²) in [5.74, 6) is 0. The third kappa shape index (κ3) is 6.81. The van der Waals surface area contributed by atoms with Gasteiger partial charge in [-0.25, -0.2) is 0 Å². The van der Waals surface area contributed by atoms with Crippen molar-refractivity contribution in [2.24, 2.45) is 5.73 Å². The highest BCUT2D eigenvalue weighted by molar-refractivity contribution is 5.63. The number of nitrogens with two attached hydrogens (primary N) is 1. The van der Waals surface area contributed by atoms with Crippen LogP contribution in [0.3, 0.4) is 0 Å². The van der Waals surface area contributed by atoms with Crippen LogP contribution < -0.4 is 11.1 Å². The Labute approximate surface area is 182 Å². The van der Waals surface area contributed by atoms with Crippen LogP contribution in [0.2, 0.25) is 0 Å². The molecule has 0 aromatic heterocycles. The van der Waals surface area contributed by atoms with Crippen molar-refractivity contribution in [1.29, 1.82) is 0 Å². The van der Waals surface area contributed by atoms with Crippen molar-refractivity contribution in [1.82, 2.24) is 0 Å². The zero-order valence-corrected chi connectivity index (χ0v) is 18.9. The number of aryl methyl sites for hydroxylation is 2. The van der Waals surface area contributed by atoms with E-state index in [4.69, 9.17) is 5.73 Å². The minimum atomic E-state index is -0.227. The third-order valence-electron chi connectivity index (χ3n) is 5.49. The van der Waals surface area contributed by atoms with E-state index in [1.807, 2.05) is 0 Å². The van der Waals surface area contributed by atoms with Gasteiger partial charge in [0, 0.05) is 11.4 Å². The number of nitrogens with one attached hydrogen (secondary N) is 1. The molecule has 2 heteroatoms. The first-order valence-corrected chi connectivity index (χ1v) is 10.8. The first-order chi connectivity index (χ1) is 14.4. The van der Waals surface area contributed by atoms with Gasteiger partial charge in [0.1, 0.15) is 0 Å². The molecule has 1 atom stereocenters. The Hall–Kier alpha value is -3.00. The summed E-state index contributed by atoms with van der Waals surface area (Å²) >= 11 is 0. The van der Waals surface area contributed by atoms with Crippen molar-refractivity contribution in [3.05, 3.63) is 102 Å². The lowest BCUT2D eigenvalue weighted by molar-refractivity contribution is 0.572. The van der Waals surface area contributed by atoms with Gasteiger partial charge in [0.05, 0.1) is 5.54 Å². The number of rotatable bonds is 7. The molecule has 0 amide bonds. The van der Waals surface area contributed by atoms with E-state index in [1.165, 1.54) is 35.1 Å². The molecule has 3 aromatic rings. The van der Waals surface area contributed by atoms with Crippen LogP contribution in [-0.2, 0) is 6.42 Å². The topological polar surface area (TPSA) is 38.0 Å². The van der Waals surface area contributed by atoms with Gasteiger partial charge in [0.2, 0.25) is 0 Å². The fourth-order valence-corrected chi connectivity index (χ4v) is 3.13. The van der Waals surface area contributed by atoms with Crippen LogP contribution >= 0.6 is 0 Å². The molecular weight excluding hydrogens is 364 g/mol. The van der Waals surface area contributed by atoms with Gasteiger partial charge in [-0.3, -0.25) is 0 Å². The lowest BCUT2D eigenvalue weighted by atomic mass is 9.95. The zero-order chi connectivity index (χ0) is 22.0. The Morgan fingerprint density at radius 3 is 1.93 bits per heavy atom. The second-order valence-electron chi connectivity index (χ2n) is 8.01. The van der Waals surface area contributed by atoms with Crippen molar-refractivity contribution in [2.75, 3.05) is 5.32 Å². The van der Waals surface area contributed by atoms with Crippen LogP contribution in [-0.4, -0.2) is 5.54 Å². The average molecular weight is 401 g/mol. The van der Waals surface area contributed by atoms with E-state index in [9.17, 15) is 0 Å². The largest absolute Gasteiger partial charge is 0.401 e. The molecule has 0 aliphatic carbocycles. The van der Waals surface area contributed by atoms with Crippen LogP contribution in [0.15, 0.2) is 91.1 Å². The third-order valence-corrected chi connectivity index (χ3v) is 5.49. The van der Waals surface area contributed by atoms with E-state index < -0.39 is 0 Å². The molecule has 0 radical (unpaired) electrons. The summed E-state index contributed by atoms with van der Waals surface area (Å²) in [4.78, 5) is 0. The van der Waals surface area contributed by atoms with Crippen molar-refractivity contribution in [2.45, 2.75) is 52.5 Å². The van der Waals surface area contributed by atoms with Crippen molar-refractivity contribution < 1.29 is 0 Å². The van der Waals surface area contributed by atoms with Crippen molar-refractivity contribution in [3.8, 4) is 11.1 Å². The molecular formula is C28H36N2. The summed E-state index contributed by atoms with van der Waals surface area (Å²) < 4.78 is 0. The highest BCUT2D eigenvalue weighted by Gasteiger charge is 2.23. The molecule has 2 nitrogen and oxygen atoms in total. The maximum absolute atomic E-state index is 5.80. The quantitative estimate of drug-likeness (QED) is 0.435. The van der Waals surface area contributed by atoms with E-state index in [2.05, 4.69) is 118 Å². The summed E-state index contributed by atoms with van der Waals surface area (Å²) in [6, 6.07) is 27.7. The minimum Gasteiger partial charge on any atom is -0.401 e. The van der Waals surface area contributed by atoms with Crippen molar-refractivity contribution >= 4 is 5.69 Å². The Bertz CT molecular complexity index is 896. The summed E-state index contributed by atoms with van der Waals surface area (Å²) in [6.45, 7) is 12.3. The van der Waals surface area contributed by atoms with E-state index >= 15 is 0 Å². The van der Waals surface area contributed by atoms with Crippen LogP contribution in [0.1, 0.15) is 44.7 Å². The standard InChI is InChI=1S/C15H16.C13H20N2/c1-2-6-13-9-11-15(12-10-13)14-7-4-3-5-8-14;1-5-13(4,11(3)14)15-12-8-6-10(2)7-9-12/h3-5,7-12H,2,6H2,1H3;6-9,15H,3,5,14H2,1-2,4H3. The molecule has 0 saturated heterocycles. The maximum Gasteiger partial charge on any atom is 0.0731 e. The van der Waals surface area contributed by atoms with Crippen LogP contribution in [0.4, 0.5) is 5.69 Å². The number of hydrogen-bond acceptors (Lipinski definition) is 2. The molecule has 3 rings (SSSR count). The predicted octanol–water partition coefficient (Wildman–Crippen LogP) is 7.35. The molecule has 0 spiro atoms. The maximum atomic E-state index is 5.80. The fourth-order valence-electron chi connectivity index (χ4n) is 3.13. The van der Waals surface area contributed by atoms with Gasteiger partial charge < -0.3 is 11.1 Å². The molecule has 0 fully saturated rings. The van der Waals surface area contributed by atoms with Gasteiger partial charge >= 0.3 is 0 Å². The van der Waals surface area contributed by atoms with Gasteiger partial charge in [-0.05, 0) is 55.5 Å². The minimum absolute atomic E-state index is 0.227. The molecule has 0 aliphatic rings. The van der Waals surface area contributed by atoms with E-state index in [1.54, 1.807) is 0 Å². The second-order valence-corrected chi connectivity index (χ2v) is 8.01.